The number of aromatic hydroxyl groups is 1. The van der Waals surface area contributed by atoms with Gasteiger partial charge in [-0.2, -0.15) is 0 Å². The molecule has 0 unspecified atom stereocenters. The molecule has 1 radical (unpaired) electrons. The van der Waals surface area contributed by atoms with Crippen LogP contribution in [0.15, 0.2) is 23.3 Å². The molecule has 0 aliphatic heterocycles. The monoisotopic (exact) mass is 302 g/mol. The quantitative estimate of drug-likeness (QED) is 0.791. The molecule has 2 aromatic rings. The number of benzene rings is 2. The molecule has 1 N–H and O–H groups in total. The first-order valence-corrected chi connectivity index (χ1v) is 5.13. The van der Waals surface area contributed by atoms with Crippen LogP contribution in [-0.2, 0) is 32.7 Å². The summed E-state index contributed by atoms with van der Waals surface area (Å²) in [6.45, 7) is 5.76. The number of rotatable bonds is 1. The Hall–Kier alpha value is -0.796. The van der Waals surface area contributed by atoms with Crippen LogP contribution in [0.1, 0.15) is 16.7 Å². The van der Waals surface area contributed by atoms with Gasteiger partial charge in [0.1, 0.15) is 5.75 Å². The zero-order chi connectivity index (χ0) is 11.9. The number of nitrogens with zero attached hydrogens (tertiary/aromatic N) is 2. The fourth-order valence-electron chi connectivity index (χ4n) is 2.17. The average molecular weight is 302 g/mol. The van der Waals surface area contributed by atoms with Crippen molar-refractivity contribution in [2.45, 2.75) is 20.8 Å². The molecule has 0 aliphatic carbocycles. The first kappa shape index (κ1) is 14.3. The zero-order valence-corrected chi connectivity index (χ0v) is 13.0. The summed E-state index contributed by atoms with van der Waals surface area (Å²) in [6.07, 6.45) is 0. The summed E-state index contributed by atoms with van der Waals surface area (Å²) in [7, 11) is 0. The molecule has 0 fully saturated rings. The van der Waals surface area contributed by atoms with E-state index in [-0.39, 0.29) is 44.1 Å². The topological polar surface area (TPSA) is 54.9 Å². The van der Waals surface area contributed by atoms with Crippen LogP contribution in [-0.4, -0.2) is 5.11 Å². The van der Waals surface area contributed by atoms with Gasteiger partial charge >= 0.3 is 0 Å². The maximum absolute atomic E-state index is 10.0. The third-order valence-corrected chi connectivity index (χ3v) is 2.82. The molecule has 0 saturated heterocycles. The van der Waals surface area contributed by atoms with Gasteiger partial charge in [-0.15, -0.1) is 0 Å². The molecule has 0 amide bonds. The van der Waals surface area contributed by atoms with Crippen molar-refractivity contribution in [1.82, 2.24) is 0 Å². The van der Waals surface area contributed by atoms with Crippen molar-refractivity contribution in [2.75, 3.05) is 0 Å². The number of phenolic OH excluding ortho intramolecular Hbond substituents is 1. The van der Waals surface area contributed by atoms with E-state index in [9.17, 15) is 5.11 Å². The van der Waals surface area contributed by atoms with Gasteiger partial charge in [0.2, 0.25) is 0 Å². The molecule has 85 valence electrons. The molecule has 0 bridgehead atoms. The second-order valence-corrected chi connectivity index (χ2v) is 4.17. The van der Waals surface area contributed by atoms with Gasteiger partial charge in [-0.25, -0.2) is 0 Å². The minimum absolute atomic E-state index is 0. The van der Waals surface area contributed by atoms with Crippen LogP contribution in [0.5, 0.6) is 5.75 Å². The van der Waals surface area contributed by atoms with E-state index < -0.39 is 0 Å². The predicted octanol–water partition coefficient (Wildman–Crippen LogP) is 4.12. The molecule has 4 heteroatoms. The molecule has 2 rings (SSSR count). The van der Waals surface area contributed by atoms with E-state index in [2.05, 4.69) is 5.11 Å². The molecule has 0 aromatic heterocycles. The van der Waals surface area contributed by atoms with E-state index in [0.717, 1.165) is 27.5 Å². The Morgan fingerprint density at radius 3 is 2.29 bits per heavy atom. The van der Waals surface area contributed by atoms with Crippen molar-refractivity contribution >= 4 is 16.5 Å². The number of hydrogen-bond acceptors (Lipinski definition) is 2. The third-order valence-electron chi connectivity index (χ3n) is 2.82. The van der Waals surface area contributed by atoms with Gasteiger partial charge in [-0.05, 0) is 43.4 Å². The second-order valence-electron chi connectivity index (χ2n) is 4.17. The van der Waals surface area contributed by atoms with E-state index in [1.54, 1.807) is 0 Å². The van der Waals surface area contributed by atoms with Crippen LogP contribution >= 0.6 is 0 Å². The number of hydrogen-bond donors (Lipinski definition) is 1. The van der Waals surface area contributed by atoms with E-state index in [4.69, 9.17) is 5.53 Å². The maximum Gasteiger partial charge on any atom is 0.147 e. The average Bonchev–Trinajstić information content (AvgIpc) is 2.15. The van der Waals surface area contributed by atoms with Crippen molar-refractivity contribution in [2.24, 2.45) is 5.11 Å². The van der Waals surface area contributed by atoms with Crippen LogP contribution in [0.3, 0.4) is 0 Å². The molecule has 2 aromatic carbocycles. The fourth-order valence-corrected chi connectivity index (χ4v) is 2.17. The van der Waals surface area contributed by atoms with E-state index in [1.165, 1.54) is 0 Å². The predicted molar refractivity (Wildman–Crippen MR) is 65.3 cm³/mol. The Morgan fingerprint density at radius 2 is 1.71 bits per heavy atom. The molecular formula is C13H13N2OY-. The number of phenols is 1. The van der Waals surface area contributed by atoms with Crippen LogP contribution in [0.2, 0.25) is 0 Å². The molecular weight excluding hydrogens is 289 g/mol. The van der Waals surface area contributed by atoms with Crippen molar-refractivity contribution in [1.29, 1.82) is 0 Å². The normalized spacial score (nSPS) is 10.1. The van der Waals surface area contributed by atoms with Gasteiger partial charge in [0, 0.05) is 38.1 Å². The fraction of sp³-hybridized carbons (Fsp3) is 0.231. The van der Waals surface area contributed by atoms with Gasteiger partial charge in [-0.1, -0.05) is 17.7 Å². The molecule has 0 aliphatic rings. The number of fused-ring (bicyclic) bond motifs is 1. The molecule has 0 atom stereocenters. The maximum atomic E-state index is 10.0. The van der Waals surface area contributed by atoms with Gasteiger partial charge in [0.15, 0.2) is 0 Å². The first-order chi connectivity index (χ1) is 7.54. The Labute approximate surface area is 126 Å². The first-order valence-electron chi connectivity index (χ1n) is 5.13. The molecule has 0 saturated carbocycles. The van der Waals surface area contributed by atoms with Gasteiger partial charge < -0.3 is 15.8 Å². The van der Waals surface area contributed by atoms with E-state index in [0.29, 0.717) is 0 Å². The smallest absolute Gasteiger partial charge is 0.147 e. The van der Waals surface area contributed by atoms with Gasteiger partial charge in [-0.3, -0.25) is 0 Å². The van der Waals surface area contributed by atoms with E-state index in [1.807, 2.05) is 39.0 Å². The van der Waals surface area contributed by atoms with Crippen LogP contribution in [0.25, 0.3) is 16.3 Å². The SMILES string of the molecule is Cc1cc(C)c2c(O)c(N=[N-])c(C)cc2c1.[Y]. The Balaban J connectivity index is 0.00000144. The van der Waals surface area contributed by atoms with Gasteiger partial charge in [0.05, 0.1) is 5.69 Å². The van der Waals surface area contributed by atoms with Crippen molar-refractivity contribution < 1.29 is 37.8 Å². The summed E-state index contributed by atoms with van der Waals surface area (Å²) < 4.78 is 0. The van der Waals surface area contributed by atoms with Crippen LogP contribution < -0.4 is 0 Å². The summed E-state index contributed by atoms with van der Waals surface area (Å²) in [5.74, 6) is 0.0509. The van der Waals surface area contributed by atoms with Crippen molar-refractivity contribution in [3.63, 3.8) is 0 Å². The van der Waals surface area contributed by atoms with Crippen LogP contribution in [0, 0.1) is 20.8 Å². The second kappa shape index (κ2) is 5.24. The summed E-state index contributed by atoms with van der Waals surface area (Å²) >= 11 is 0. The Morgan fingerprint density at radius 1 is 1.06 bits per heavy atom. The summed E-state index contributed by atoms with van der Waals surface area (Å²) in [4.78, 5) is 0. The zero-order valence-electron chi connectivity index (χ0n) is 10.2. The van der Waals surface area contributed by atoms with Crippen LogP contribution in [0.4, 0.5) is 5.69 Å². The third kappa shape index (κ3) is 2.40. The van der Waals surface area contributed by atoms with Crippen molar-refractivity contribution in [3.05, 3.63) is 40.4 Å². The van der Waals surface area contributed by atoms with Gasteiger partial charge in [0.25, 0.3) is 0 Å². The standard InChI is InChI=1S/C13H13N2O.Y/c1-7-4-8(2)11-10(5-7)6-9(3)12(15-14)13(11)16;/h4-6,16H,1-3H3;/q-1;. The van der Waals surface area contributed by atoms with Crippen molar-refractivity contribution in [3.8, 4) is 5.75 Å². The summed E-state index contributed by atoms with van der Waals surface area (Å²) in [5.41, 5.74) is 12.0. The largest absolute Gasteiger partial charge is 0.706 e. The Bertz CT molecular complexity index is 594. The molecule has 0 spiro atoms. The summed E-state index contributed by atoms with van der Waals surface area (Å²) in [5, 5.41) is 14.9. The Kier molecular flexibility index (Phi) is 4.39. The molecule has 3 nitrogen and oxygen atoms in total. The summed E-state index contributed by atoms with van der Waals surface area (Å²) in [6, 6.07) is 5.93. The number of aryl methyl sites for hydroxylation is 3. The minimum atomic E-state index is 0. The minimum Gasteiger partial charge on any atom is -0.706 e. The molecule has 0 heterocycles. The molecule has 17 heavy (non-hydrogen) atoms. The van der Waals surface area contributed by atoms with E-state index >= 15 is 0 Å².